The van der Waals surface area contributed by atoms with Gasteiger partial charge in [-0.05, 0) is 37.9 Å². The van der Waals surface area contributed by atoms with E-state index in [1.165, 1.54) is 5.75 Å². The van der Waals surface area contributed by atoms with E-state index in [1.807, 2.05) is 23.6 Å². The standard InChI is InChI=1S/C14H24N2O2S/c1-9(2)7-12-14(18)16(10(3)13(17)15-12)11-5-4-6-19-8-11/h9-12H,4-8H2,1-3H3,(H,15,17). The first-order chi connectivity index (χ1) is 9.00. The maximum Gasteiger partial charge on any atom is 0.246 e. The Hall–Kier alpha value is -0.710. The van der Waals surface area contributed by atoms with E-state index >= 15 is 0 Å². The summed E-state index contributed by atoms with van der Waals surface area (Å²) in [6.45, 7) is 6.01. The summed E-state index contributed by atoms with van der Waals surface area (Å²) in [6.07, 6.45) is 2.90. The SMILES string of the molecule is CC(C)CC1NC(=O)C(C)N(C2CCCSC2)C1=O. The summed E-state index contributed by atoms with van der Waals surface area (Å²) in [7, 11) is 0. The van der Waals surface area contributed by atoms with E-state index in [1.54, 1.807) is 0 Å². The summed E-state index contributed by atoms with van der Waals surface area (Å²) in [5, 5.41) is 2.88. The van der Waals surface area contributed by atoms with Crippen LogP contribution in [-0.4, -0.2) is 46.3 Å². The molecule has 108 valence electrons. The van der Waals surface area contributed by atoms with Crippen molar-refractivity contribution in [2.24, 2.45) is 5.92 Å². The van der Waals surface area contributed by atoms with Gasteiger partial charge in [0, 0.05) is 11.8 Å². The lowest BCUT2D eigenvalue weighted by atomic mass is 9.97. The van der Waals surface area contributed by atoms with Gasteiger partial charge in [-0.3, -0.25) is 9.59 Å². The quantitative estimate of drug-likeness (QED) is 0.857. The van der Waals surface area contributed by atoms with E-state index in [2.05, 4.69) is 19.2 Å². The van der Waals surface area contributed by atoms with Crippen LogP contribution in [0.1, 0.15) is 40.0 Å². The molecule has 19 heavy (non-hydrogen) atoms. The molecular formula is C14H24N2O2S. The monoisotopic (exact) mass is 284 g/mol. The number of rotatable bonds is 3. The first kappa shape index (κ1) is 14.7. The molecular weight excluding hydrogens is 260 g/mol. The minimum Gasteiger partial charge on any atom is -0.343 e. The van der Waals surface area contributed by atoms with E-state index in [-0.39, 0.29) is 29.9 Å². The molecule has 2 amide bonds. The molecule has 0 aromatic carbocycles. The average Bonchev–Trinajstić information content (AvgIpc) is 2.37. The Bertz CT molecular complexity index is 353. The van der Waals surface area contributed by atoms with Crippen molar-refractivity contribution >= 4 is 23.6 Å². The van der Waals surface area contributed by atoms with Crippen LogP contribution >= 0.6 is 11.8 Å². The number of carbonyl (C=O) groups is 2. The van der Waals surface area contributed by atoms with E-state index < -0.39 is 0 Å². The Kier molecular flexibility index (Phi) is 4.76. The van der Waals surface area contributed by atoms with Gasteiger partial charge >= 0.3 is 0 Å². The van der Waals surface area contributed by atoms with Gasteiger partial charge in [0.2, 0.25) is 11.8 Å². The second-order valence-corrected chi connectivity index (χ2v) is 7.13. The second-order valence-electron chi connectivity index (χ2n) is 5.98. The van der Waals surface area contributed by atoms with Gasteiger partial charge in [0.05, 0.1) is 0 Å². The summed E-state index contributed by atoms with van der Waals surface area (Å²) >= 11 is 1.89. The smallest absolute Gasteiger partial charge is 0.246 e. The molecule has 5 heteroatoms. The van der Waals surface area contributed by atoms with Gasteiger partial charge in [0.25, 0.3) is 0 Å². The van der Waals surface area contributed by atoms with Crippen LogP contribution in [0.25, 0.3) is 0 Å². The van der Waals surface area contributed by atoms with Crippen molar-refractivity contribution in [2.45, 2.75) is 58.2 Å². The lowest BCUT2D eigenvalue weighted by Crippen LogP contribution is -2.65. The molecule has 0 aromatic heterocycles. The van der Waals surface area contributed by atoms with Gasteiger partial charge < -0.3 is 10.2 Å². The minimum absolute atomic E-state index is 0.000762. The number of nitrogens with zero attached hydrogens (tertiary/aromatic N) is 1. The molecule has 2 fully saturated rings. The Balaban J connectivity index is 2.13. The van der Waals surface area contributed by atoms with Crippen molar-refractivity contribution in [3.05, 3.63) is 0 Å². The van der Waals surface area contributed by atoms with Crippen molar-refractivity contribution in [1.82, 2.24) is 10.2 Å². The molecule has 3 unspecified atom stereocenters. The number of thioether (sulfide) groups is 1. The van der Waals surface area contributed by atoms with Crippen LogP contribution in [0.2, 0.25) is 0 Å². The zero-order valence-electron chi connectivity index (χ0n) is 12.0. The van der Waals surface area contributed by atoms with Crippen molar-refractivity contribution in [2.75, 3.05) is 11.5 Å². The Morgan fingerprint density at radius 1 is 1.42 bits per heavy atom. The number of amides is 2. The predicted octanol–water partition coefficient (Wildman–Crippen LogP) is 1.64. The van der Waals surface area contributed by atoms with Gasteiger partial charge in [0.15, 0.2) is 0 Å². The molecule has 0 radical (unpaired) electrons. The van der Waals surface area contributed by atoms with Crippen LogP contribution < -0.4 is 5.32 Å². The fourth-order valence-corrected chi connectivity index (χ4v) is 4.06. The van der Waals surface area contributed by atoms with Gasteiger partial charge in [-0.1, -0.05) is 13.8 Å². The van der Waals surface area contributed by atoms with Crippen molar-refractivity contribution in [1.29, 1.82) is 0 Å². The highest BCUT2D eigenvalue weighted by Crippen LogP contribution is 2.26. The molecule has 0 aliphatic carbocycles. The minimum atomic E-state index is -0.323. The fraction of sp³-hybridized carbons (Fsp3) is 0.857. The molecule has 0 spiro atoms. The summed E-state index contributed by atoms with van der Waals surface area (Å²) in [6, 6.07) is -0.405. The first-order valence-corrected chi connectivity index (χ1v) is 8.36. The zero-order valence-corrected chi connectivity index (χ0v) is 12.8. The molecule has 2 aliphatic heterocycles. The first-order valence-electron chi connectivity index (χ1n) is 7.21. The third-order valence-corrected chi connectivity index (χ3v) is 5.10. The molecule has 4 nitrogen and oxygen atoms in total. The van der Waals surface area contributed by atoms with E-state index in [0.29, 0.717) is 5.92 Å². The Labute approximate surface area is 119 Å². The molecule has 2 rings (SSSR count). The largest absolute Gasteiger partial charge is 0.343 e. The highest BCUT2D eigenvalue weighted by atomic mass is 32.2. The molecule has 1 N–H and O–H groups in total. The molecule has 0 saturated carbocycles. The van der Waals surface area contributed by atoms with Crippen LogP contribution in [0.5, 0.6) is 0 Å². The maximum atomic E-state index is 12.6. The van der Waals surface area contributed by atoms with Gasteiger partial charge in [-0.25, -0.2) is 0 Å². The fourth-order valence-electron chi connectivity index (χ4n) is 2.92. The van der Waals surface area contributed by atoms with Gasteiger partial charge in [0.1, 0.15) is 12.1 Å². The van der Waals surface area contributed by atoms with E-state index in [9.17, 15) is 9.59 Å². The second kappa shape index (κ2) is 6.16. The van der Waals surface area contributed by atoms with Crippen LogP contribution in [0, 0.1) is 5.92 Å². The third-order valence-electron chi connectivity index (χ3n) is 3.90. The highest BCUT2D eigenvalue weighted by molar-refractivity contribution is 7.99. The summed E-state index contributed by atoms with van der Waals surface area (Å²) < 4.78 is 0. The van der Waals surface area contributed by atoms with Crippen molar-refractivity contribution in [3.8, 4) is 0 Å². The van der Waals surface area contributed by atoms with Crippen LogP contribution in [0.4, 0.5) is 0 Å². The normalized spacial score (nSPS) is 32.6. The van der Waals surface area contributed by atoms with Crippen LogP contribution in [0.3, 0.4) is 0 Å². The number of carbonyl (C=O) groups excluding carboxylic acids is 2. The lowest BCUT2D eigenvalue weighted by Gasteiger charge is -2.43. The number of piperazine rings is 1. The summed E-state index contributed by atoms with van der Waals surface area (Å²) in [4.78, 5) is 26.6. The Morgan fingerprint density at radius 2 is 2.16 bits per heavy atom. The average molecular weight is 284 g/mol. The van der Waals surface area contributed by atoms with Crippen LogP contribution in [-0.2, 0) is 9.59 Å². The lowest BCUT2D eigenvalue weighted by molar-refractivity contribution is -0.151. The molecule has 2 aliphatic rings. The molecule has 0 aromatic rings. The highest BCUT2D eigenvalue weighted by Gasteiger charge is 2.41. The van der Waals surface area contributed by atoms with Gasteiger partial charge in [-0.15, -0.1) is 0 Å². The van der Waals surface area contributed by atoms with Crippen molar-refractivity contribution in [3.63, 3.8) is 0 Å². The predicted molar refractivity (Wildman–Crippen MR) is 78.0 cm³/mol. The zero-order chi connectivity index (χ0) is 14.0. The molecule has 3 atom stereocenters. The summed E-state index contributed by atoms with van der Waals surface area (Å²) in [5.74, 6) is 2.67. The van der Waals surface area contributed by atoms with Crippen LogP contribution in [0.15, 0.2) is 0 Å². The third kappa shape index (κ3) is 3.25. The number of hydrogen-bond acceptors (Lipinski definition) is 3. The number of nitrogens with one attached hydrogen (secondary N) is 1. The summed E-state index contributed by atoms with van der Waals surface area (Å²) in [5.41, 5.74) is 0. The number of hydrogen-bond donors (Lipinski definition) is 1. The molecule has 2 saturated heterocycles. The maximum absolute atomic E-state index is 12.6. The Morgan fingerprint density at radius 3 is 2.74 bits per heavy atom. The van der Waals surface area contributed by atoms with E-state index in [0.717, 1.165) is 25.0 Å². The van der Waals surface area contributed by atoms with Crippen molar-refractivity contribution < 1.29 is 9.59 Å². The topological polar surface area (TPSA) is 49.4 Å². The van der Waals surface area contributed by atoms with Gasteiger partial charge in [-0.2, -0.15) is 11.8 Å². The molecule has 2 heterocycles. The molecule has 0 bridgehead atoms. The van der Waals surface area contributed by atoms with E-state index in [4.69, 9.17) is 0 Å².